The van der Waals surface area contributed by atoms with Gasteiger partial charge in [-0.3, -0.25) is 4.79 Å². The van der Waals surface area contributed by atoms with E-state index in [1.54, 1.807) is 12.1 Å². The number of carbonyl (C=O) groups excluding carboxylic acids is 1. The first-order valence-corrected chi connectivity index (χ1v) is 8.67. The van der Waals surface area contributed by atoms with Crippen molar-refractivity contribution in [3.8, 4) is 0 Å². The largest absolute Gasteiger partial charge is 0.325 e. The Hall–Kier alpha value is -1.40. The van der Waals surface area contributed by atoms with E-state index in [2.05, 4.69) is 10.6 Å². The van der Waals surface area contributed by atoms with Crippen molar-refractivity contribution in [1.29, 1.82) is 0 Å². The van der Waals surface area contributed by atoms with Crippen molar-refractivity contribution in [2.75, 3.05) is 18.1 Å². The van der Waals surface area contributed by atoms with E-state index < -0.39 is 9.84 Å². The molecule has 1 fully saturated rings. The monoisotopic (exact) mass is 296 g/mol. The highest BCUT2D eigenvalue weighted by Gasteiger charge is 2.15. The van der Waals surface area contributed by atoms with Gasteiger partial charge in [0, 0.05) is 18.0 Å². The Bertz CT molecular complexity index is 561. The highest BCUT2D eigenvalue weighted by Crippen LogP contribution is 2.17. The minimum atomic E-state index is -3.19. The van der Waals surface area contributed by atoms with Crippen molar-refractivity contribution in [1.82, 2.24) is 5.32 Å². The van der Waals surface area contributed by atoms with E-state index in [4.69, 9.17) is 0 Å². The molecule has 0 heterocycles. The molecular formula is C14H20N2O3S. The summed E-state index contributed by atoms with van der Waals surface area (Å²) in [5.41, 5.74) is 0.607. The Morgan fingerprint density at radius 3 is 2.35 bits per heavy atom. The van der Waals surface area contributed by atoms with Crippen LogP contribution in [0.3, 0.4) is 0 Å². The normalized spacial score (nSPS) is 16.2. The van der Waals surface area contributed by atoms with Crippen LogP contribution in [0.2, 0.25) is 0 Å². The first kappa shape index (κ1) is 15.0. The average Bonchev–Trinajstić information content (AvgIpc) is 2.89. The molecule has 0 saturated heterocycles. The zero-order chi connectivity index (χ0) is 14.6. The van der Waals surface area contributed by atoms with Gasteiger partial charge < -0.3 is 10.6 Å². The summed E-state index contributed by atoms with van der Waals surface area (Å²) < 4.78 is 22.6. The molecule has 0 aliphatic heterocycles. The summed E-state index contributed by atoms with van der Waals surface area (Å²) in [5.74, 6) is -0.107. The third-order valence-corrected chi connectivity index (χ3v) is 4.60. The quantitative estimate of drug-likeness (QED) is 0.864. The lowest BCUT2D eigenvalue weighted by Crippen LogP contribution is -2.34. The van der Waals surface area contributed by atoms with Gasteiger partial charge in [-0.15, -0.1) is 0 Å². The highest BCUT2D eigenvalue weighted by molar-refractivity contribution is 7.90. The second-order valence-corrected chi connectivity index (χ2v) is 7.22. The molecule has 6 heteroatoms. The maximum Gasteiger partial charge on any atom is 0.238 e. The van der Waals surface area contributed by atoms with Crippen molar-refractivity contribution in [3.05, 3.63) is 24.3 Å². The molecule has 110 valence electrons. The zero-order valence-electron chi connectivity index (χ0n) is 11.6. The first-order valence-electron chi connectivity index (χ1n) is 6.78. The van der Waals surface area contributed by atoms with Gasteiger partial charge in [-0.1, -0.05) is 12.8 Å². The number of nitrogens with one attached hydrogen (secondary N) is 2. The lowest BCUT2D eigenvalue weighted by atomic mass is 10.2. The van der Waals surface area contributed by atoms with E-state index in [1.165, 1.54) is 25.0 Å². The number of amides is 1. The molecule has 1 aliphatic carbocycles. The Kier molecular flexibility index (Phi) is 4.77. The SMILES string of the molecule is CS(=O)(=O)c1ccc(NC(=O)CNC2CCCC2)cc1. The molecule has 0 unspecified atom stereocenters. The summed E-state index contributed by atoms with van der Waals surface area (Å²) in [6, 6.07) is 6.65. The molecule has 1 saturated carbocycles. The third-order valence-electron chi connectivity index (χ3n) is 3.47. The van der Waals surface area contributed by atoms with Gasteiger partial charge in [-0.2, -0.15) is 0 Å². The van der Waals surface area contributed by atoms with Crippen molar-refractivity contribution in [3.63, 3.8) is 0 Å². The van der Waals surface area contributed by atoms with Crippen LogP contribution in [0, 0.1) is 0 Å². The van der Waals surface area contributed by atoms with Gasteiger partial charge in [0.05, 0.1) is 11.4 Å². The maximum atomic E-state index is 11.8. The van der Waals surface area contributed by atoms with Crippen LogP contribution < -0.4 is 10.6 Å². The van der Waals surface area contributed by atoms with Crippen LogP contribution in [0.15, 0.2) is 29.2 Å². The number of benzene rings is 1. The molecule has 0 aromatic heterocycles. The van der Waals surface area contributed by atoms with Crippen LogP contribution in [-0.4, -0.2) is 33.2 Å². The molecular weight excluding hydrogens is 276 g/mol. The Morgan fingerprint density at radius 1 is 1.20 bits per heavy atom. The van der Waals surface area contributed by atoms with E-state index in [0.29, 0.717) is 18.3 Å². The molecule has 2 N–H and O–H groups in total. The molecule has 20 heavy (non-hydrogen) atoms. The molecule has 0 atom stereocenters. The van der Waals surface area contributed by atoms with Gasteiger partial charge in [0.1, 0.15) is 0 Å². The van der Waals surface area contributed by atoms with E-state index >= 15 is 0 Å². The first-order chi connectivity index (χ1) is 9.45. The maximum absolute atomic E-state index is 11.8. The zero-order valence-corrected chi connectivity index (χ0v) is 12.4. The van der Waals surface area contributed by atoms with Gasteiger partial charge in [-0.05, 0) is 37.1 Å². The number of carbonyl (C=O) groups is 1. The van der Waals surface area contributed by atoms with E-state index in [0.717, 1.165) is 19.1 Å². The van der Waals surface area contributed by atoms with Crippen molar-refractivity contribution in [2.24, 2.45) is 0 Å². The number of hydrogen-bond acceptors (Lipinski definition) is 4. The number of rotatable bonds is 5. The van der Waals surface area contributed by atoms with Crippen molar-refractivity contribution in [2.45, 2.75) is 36.6 Å². The topological polar surface area (TPSA) is 75.3 Å². The second kappa shape index (κ2) is 6.37. The molecule has 2 rings (SSSR count). The summed E-state index contributed by atoms with van der Waals surface area (Å²) in [6.45, 7) is 0.290. The second-order valence-electron chi connectivity index (χ2n) is 5.21. The Labute approximate surface area is 119 Å². The summed E-state index contributed by atoms with van der Waals surface area (Å²) in [5, 5.41) is 5.98. The molecule has 0 spiro atoms. The summed E-state index contributed by atoms with van der Waals surface area (Å²) in [7, 11) is -3.19. The lowest BCUT2D eigenvalue weighted by molar-refractivity contribution is -0.115. The van der Waals surface area contributed by atoms with Crippen LogP contribution in [0.4, 0.5) is 5.69 Å². The van der Waals surface area contributed by atoms with Crippen LogP contribution in [-0.2, 0) is 14.6 Å². The van der Waals surface area contributed by atoms with Gasteiger partial charge in [0.25, 0.3) is 0 Å². The van der Waals surface area contributed by atoms with Crippen molar-refractivity contribution < 1.29 is 13.2 Å². The fourth-order valence-corrected chi connectivity index (χ4v) is 2.99. The van der Waals surface area contributed by atoms with E-state index in [-0.39, 0.29) is 10.8 Å². The number of anilines is 1. The van der Waals surface area contributed by atoms with Gasteiger partial charge >= 0.3 is 0 Å². The predicted molar refractivity (Wildman–Crippen MR) is 78.4 cm³/mol. The Morgan fingerprint density at radius 2 is 1.80 bits per heavy atom. The molecule has 1 aliphatic rings. The molecule has 1 aromatic carbocycles. The fraction of sp³-hybridized carbons (Fsp3) is 0.500. The smallest absolute Gasteiger partial charge is 0.238 e. The van der Waals surface area contributed by atoms with Crippen LogP contribution in [0.1, 0.15) is 25.7 Å². The van der Waals surface area contributed by atoms with Gasteiger partial charge in [-0.25, -0.2) is 8.42 Å². The minimum Gasteiger partial charge on any atom is -0.325 e. The minimum absolute atomic E-state index is 0.107. The molecule has 5 nitrogen and oxygen atoms in total. The molecule has 0 bridgehead atoms. The lowest BCUT2D eigenvalue weighted by Gasteiger charge is -2.11. The average molecular weight is 296 g/mol. The summed E-state index contributed by atoms with van der Waals surface area (Å²) in [4.78, 5) is 12.0. The predicted octanol–water partition coefficient (Wildman–Crippen LogP) is 1.56. The van der Waals surface area contributed by atoms with E-state index in [1.807, 2.05) is 0 Å². The number of hydrogen-bond donors (Lipinski definition) is 2. The highest BCUT2D eigenvalue weighted by atomic mass is 32.2. The van der Waals surface area contributed by atoms with Crippen LogP contribution in [0.5, 0.6) is 0 Å². The summed E-state index contributed by atoms with van der Waals surface area (Å²) >= 11 is 0. The molecule has 0 radical (unpaired) electrons. The van der Waals surface area contributed by atoms with Gasteiger partial charge in [0.15, 0.2) is 9.84 Å². The third kappa shape index (κ3) is 4.31. The standard InChI is InChI=1S/C14H20N2O3S/c1-20(18,19)13-8-6-12(7-9-13)16-14(17)10-15-11-4-2-3-5-11/h6-9,11,15H,2-5,10H2,1H3,(H,16,17). The molecule has 1 amide bonds. The Balaban J connectivity index is 1.84. The van der Waals surface area contributed by atoms with Crippen molar-refractivity contribution >= 4 is 21.4 Å². The van der Waals surface area contributed by atoms with E-state index in [9.17, 15) is 13.2 Å². The summed E-state index contributed by atoms with van der Waals surface area (Å²) in [6.07, 6.45) is 5.89. The van der Waals surface area contributed by atoms with Crippen LogP contribution >= 0.6 is 0 Å². The van der Waals surface area contributed by atoms with Gasteiger partial charge in [0.2, 0.25) is 5.91 Å². The molecule has 1 aromatic rings. The van der Waals surface area contributed by atoms with Crippen LogP contribution in [0.25, 0.3) is 0 Å². The number of sulfone groups is 1. The fourth-order valence-electron chi connectivity index (χ4n) is 2.36.